The molecule has 0 N–H and O–H groups in total. The maximum absolute atomic E-state index is 13.4. The zero-order valence-electron chi connectivity index (χ0n) is 18.5. The molecule has 1 atom stereocenters. The van der Waals surface area contributed by atoms with Crippen molar-refractivity contribution in [3.05, 3.63) is 24.3 Å². The first-order valence-electron chi connectivity index (χ1n) is 11.0. The van der Waals surface area contributed by atoms with Crippen LogP contribution in [0, 0.1) is 0 Å². The molecule has 1 aromatic carbocycles. The van der Waals surface area contributed by atoms with Crippen LogP contribution in [0.1, 0.15) is 52.9 Å². The van der Waals surface area contributed by atoms with E-state index in [2.05, 4.69) is 11.8 Å². The van der Waals surface area contributed by atoms with Gasteiger partial charge in [0.15, 0.2) is 5.12 Å². The maximum Gasteiger partial charge on any atom is 0.243 e. The molecule has 1 heterocycles. The van der Waals surface area contributed by atoms with Crippen molar-refractivity contribution in [1.29, 1.82) is 0 Å². The normalized spacial score (nSPS) is 16.5. The molecule has 1 fully saturated rings. The second-order valence-electron chi connectivity index (χ2n) is 7.86. The number of ether oxygens (including phenoxy) is 1. The van der Waals surface area contributed by atoms with Crippen LogP contribution in [-0.2, 0) is 14.8 Å². The predicted octanol–water partition coefficient (Wildman–Crippen LogP) is 4.01. The molecular weight excluding hydrogens is 420 g/mol. The quantitative estimate of drug-likeness (QED) is 0.443. The fourth-order valence-electron chi connectivity index (χ4n) is 3.54. The Balaban J connectivity index is 2.11. The Kier molecular flexibility index (Phi) is 10.6. The molecule has 1 saturated heterocycles. The fourth-order valence-corrected chi connectivity index (χ4v) is 5.98. The van der Waals surface area contributed by atoms with E-state index in [0.29, 0.717) is 25.4 Å². The second-order valence-corrected chi connectivity index (χ2v) is 11.4. The van der Waals surface area contributed by atoms with Gasteiger partial charge < -0.3 is 9.64 Å². The summed E-state index contributed by atoms with van der Waals surface area (Å²) in [5.41, 5.74) is 0. The Morgan fingerprint density at radius 3 is 2.47 bits per heavy atom. The lowest BCUT2D eigenvalue weighted by atomic mass is 10.1. The molecule has 8 heteroatoms. The molecule has 170 valence electrons. The van der Waals surface area contributed by atoms with Gasteiger partial charge in [-0.15, -0.1) is 0 Å². The third-order valence-corrected chi connectivity index (χ3v) is 7.93. The summed E-state index contributed by atoms with van der Waals surface area (Å²) in [6.07, 6.45) is 5.61. The van der Waals surface area contributed by atoms with E-state index in [-0.39, 0.29) is 15.3 Å². The van der Waals surface area contributed by atoms with Crippen molar-refractivity contribution in [2.45, 2.75) is 63.0 Å². The summed E-state index contributed by atoms with van der Waals surface area (Å²) in [6.45, 7) is 9.66. The average Bonchev–Trinajstić information content (AvgIpc) is 2.72. The van der Waals surface area contributed by atoms with Crippen LogP contribution in [0.5, 0.6) is 5.75 Å². The van der Waals surface area contributed by atoms with Gasteiger partial charge in [0, 0.05) is 31.8 Å². The molecule has 1 aromatic rings. The third kappa shape index (κ3) is 8.21. The smallest absolute Gasteiger partial charge is 0.243 e. The monoisotopic (exact) mass is 456 g/mol. The minimum Gasteiger partial charge on any atom is -0.494 e. The Morgan fingerprint density at radius 2 is 1.87 bits per heavy atom. The number of rotatable bonds is 12. The molecule has 30 heavy (non-hydrogen) atoms. The zero-order chi connectivity index (χ0) is 22.0. The van der Waals surface area contributed by atoms with E-state index in [9.17, 15) is 13.2 Å². The van der Waals surface area contributed by atoms with E-state index in [1.807, 2.05) is 6.92 Å². The highest BCUT2D eigenvalue weighted by atomic mass is 32.2. The number of unbranched alkanes of at least 4 members (excludes halogenated alkanes) is 1. The van der Waals surface area contributed by atoms with E-state index >= 15 is 0 Å². The zero-order valence-corrected chi connectivity index (χ0v) is 20.1. The van der Waals surface area contributed by atoms with Gasteiger partial charge in [-0.05, 0) is 56.6 Å². The van der Waals surface area contributed by atoms with Crippen molar-refractivity contribution in [2.24, 2.45) is 0 Å². The van der Waals surface area contributed by atoms with Gasteiger partial charge in [0.25, 0.3) is 0 Å². The van der Waals surface area contributed by atoms with Crippen molar-refractivity contribution in [3.63, 3.8) is 0 Å². The van der Waals surface area contributed by atoms with Crippen LogP contribution in [0.3, 0.4) is 0 Å². The fraction of sp³-hybridized carbons (Fsp3) is 0.682. The number of piperidine rings is 1. The van der Waals surface area contributed by atoms with Gasteiger partial charge in [-0.25, -0.2) is 8.42 Å². The molecule has 6 nitrogen and oxygen atoms in total. The molecule has 0 amide bonds. The lowest BCUT2D eigenvalue weighted by Crippen LogP contribution is -2.42. The molecule has 1 aliphatic heterocycles. The Bertz CT molecular complexity index is 747. The molecule has 2 rings (SSSR count). The SMILES string of the molecule is CCCCOc1ccc(S(=O)(=O)N(CCN2CCCCC2)CC(C)SC(C)=O)cc1. The molecule has 0 spiro atoms. The standard InChI is InChI=1S/C22H36N2O4S2/c1-4-5-17-28-21-9-11-22(12-10-21)30(26,27)24(18-19(2)29-20(3)25)16-15-23-13-7-6-8-14-23/h9-12,19H,4-8,13-18H2,1-3H3. The number of benzene rings is 1. The Hall–Kier alpha value is -1.09. The van der Waals surface area contributed by atoms with Crippen LogP contribution in [0.2, 0.25) is 0 Å². The van der Waals surface area contributed by atoms with Gasteiger partial charge in [0.2, 0.25) is 10.0 Å². The highest BCUT2D eigenvalue weighted by Gasteiger charge is 2.27. The van der Waals surface area contributed by atoms with Crippen molar-refractivity contribution in [2.75, 3.05) is 39.3 Å². The van der Waals surface area contributed by atoms with Gasteiger partial charge >= 0.3 is 0 Å². The number of sulfonamides is 1. The molecule has 0 saturated carbocycles. The molecular formula is C22H36N2O4S2. The maximum atomic E-state index is 13.4. The Labute approximate surface area is 186 Å². The number of carbonyl (C=O) groups is 1. The van der Waals surface area contributed by atoms with Crippen molar-refractivity contribution in [3.8, 4) is 5.75 Å². The molecule has 0 aliphatic carbocycles. The minimum atomic E-state index is -3.65. The molecule has 1 aliphatic rings. The van der Waals surface area contributed by atoms with E-state index < -0.39 is 10.0 Å². The molecule has 1 unspecified atom stereocenters. The average molecular weight is 457 g/mol. The first kappa shape index (κ1) is 25.2. The topological polar surface area (TPSA) is 66.9 Å². The van der Waals surface area contributed by atoms with Crippen molar-refractivity contribution < 1.29 is 17.9 Å². The Morgan fingerprint density at radius 1 is 1.20 bits per heavy atom. The molecule has 0 aromatic heterocycles. The second kappa shape index (κ2) is 12.7. The van der Waals surface area contributed by atoms with Gasteiger partial charge in [-0.2, -0.15) is 4.31 Å². The van der Waals surface area contributed by atoms with Gasteiger partial charge in [0.1, 0.15) is 5.75 Å². The first-order chi connectivity index (χ1) is 14.3. The summed E-state index contributed by atoms with van der Waals surface area (Å²) in [7, 11) is -3.65. The number of likely N-dealkylation sites (tertiary alicyclic amines) is 1. The van der Waals surface area contributed by atoms with E-state index in [0.717, 1.165) is 32.5 Å². The summed E-state index contributed by atoms with van der Waals surface area (Å²) >= 11 is 1.19. The van der Waals surface area contributed by atoms with Crippen LogP contribution in [-0.4, -0.2) is 67.3 Å². The number of carbonyl (C=O) groups excluding carboxylic acids is 1. The van der Waals surface area contributed by atoms with Crippen LogP contribution in [0.4, 0.5) is 0 Å². The number of thioether (sulfide) groups is 1. The van der Waals surface area contributed by atoms with Crippen molar-refractivity contribution >= 4 is 26.9 Å². The summed E-state index contributed by atoms with van der Waals surface area (Å²) in [5.74, 6) is 0.683. The summed E-state index contributed by atoms with van der Waals surface area (Å²) in [5, 5.41) is -0.0975. The minimum absolute atomic E-state index is 0.00413. The first-order valence-corrected chi connectivity index (χ1v) is 13.3. The number of hydrogen-bond donors (Lipinski definition) is 0. The lowest BCUT2D eigenvalue weighted by molar-refractivity contribution is -0.109. The van der Waals surface area contributed by atoms with E-state index in [4.69, 9.17) is 4.74 Å². The third-order valence-electron chi connectivity index (χ3n) is 5.17. The van der Waals surface area contributed by atoms with Gasteiger partial charge in [-0.1, -0.05) is 38.5 Å². The van der Waals surface area contributed by atoms with Crippen LogP contribution >= 0.6 is 11.8 Å². The van der Waals surface area contributed by atoms with Gasteiger partial charge in [0.05, 0.1) is 11.5 Å². The number of nitrogens with zero attached hydrogens (tertiary/aromatic N) is 2. The van der Waals surface area contributed by atoms with Gasteiger partial charge in [-0.3, -0.25) is 4.79 Å². The molecule has 0 radical (unpaired) electrons. The predicted molar refractivity (Wildman–Crippen MR) is 124 cm³/mol. The lowest BCUT2D eigenvalue weighted by Gasteiger charge is -2.30. The summed E-state index contributed by atoms with van der Waals surface area (Å²) in [6, 6.07) is 6.68. The highest BCUT2D eigenvalue weighted by Crippen LogP contribution is 2.23. The largest absolute Gasteiger partial charge is 0.494 e. The van der Waals surface area contributed by atoms with Crippen LogP contribution in [0.25, 0.3) is 0 Å². The summed E-state index contributed by atoms with van der Waals surface area (Å²) < 4.78 is 33.9. The summed E-state index contributed by atoms with van der Waals surface area (Å²) in [4.78, 5) is 14.1. The molecule has 0 bridgehead atoms. The van der Waals surface area contributed by atoms with E-state index in [1.165, 1.54) is 42.3 Å². The number of hydrogen-bond acceptors (Lipinski definition) is 6. The van der Waals surface area contributed by atoms with Crippen molar-refractivity contribution in [1.82, 2.24) is 9.21 Å². The van der Waals surface area contributed by atoms with Crippen LogP contribution in [0.15, 0.2) is 29.2 Å². The highest BCUT2D eigenvalue weighted by molar-refractivity contribution is 8.14. The van der Waals surface area contributed by atoms with Crippen LogP contribution < -0.4 is 4.74 Å². The van der Waals surface area contributed by atoms with E-state index in [1.54, 1.807) is 24.3 Å².